The lowest BCUT2D eigenvalue weighted by atomic mass is 10.2. The van der Waals surface area contributed by atoms with Gasteiger partial charge in [0.15, 0.2) is 18.9 Å². The molecular formula is C21H45BO12. The van der Waals surface area contributed by atoms with E-state index in [1.807, 2.05) is 20.8 Å². The van der Waals surface area contributed by atoms with Crippen molar-refractivity contribution >= 4 is 7.32 Å². The Morgan fingerprint density at radius 3 is 1.00 bits per heavy atom. The van der Waals surface area contributed by atoms with Crippen LogP contribution in [0.4, 0.5) is 0 Å². The van der Waals surface area contributed by atoms with E-state index in [2.05, 4.69) is 0 Å². The lowest BCUT2D eigenvalue weighted by molar-refractivity contribution is -0.174. The van der Waals surface area contributed by atoms with Crippen LogP contribution in [0.25, 0.3) is 0 Å². The van der Waals surface area contributed by atoms with E-state index in [9.17, 15) is 0 Å². The first-order valence-corrected chi connectivity index (χ1v) is 11.7. The van der Waals surface area contributed by atoms with Gasteiger partial charge in [-0.25, -0.2) is 0 Å². The summed E-state index contributed by atoms with van der Waals surface area (Å²) in [4.78, 5) is 0. The molecule has 3 atom stereocenters. The predicted molar refractivity (Wildman–Crippen MR) is 123 cm³/mol. The van der Waals surface area contributed by atoms with E-state index in [0.29, 0.717) is 59.5 Å². The summed E-state index contributed by atoms with van der Waals surface area (Å²) >= 11 is 0. The standard InChI is InChI=1S/C21H45BO12/c1-7-26-10-13-29-19(23-4)16-32-22(33-17-20(24-5)30-14-11-27-8-2)34-18-21(25-6)31-15-12-28-9-3/h19-21H,7-18H2,1-6H3. The van der Waals surface area contributed by atoms with E-state index < -0.39 is 26.2 Å². The molecule has 0 saturated heterocycles. The minimum atomic E-state index is -1.07. The van der Waals surface area contributed by atoms with Gasteiger partial charge in [-0.05, 0) is 20.8 Å². The molecule has 0 aromatic carbocycles. The molecule has 0 saturated carbocycles. The summed E-state index contributed by atoms with van der Waals surface area (Å²) in [5.74, 6) is 0. The first-order valence-electron chi connectivity index (χ1n) is 11.7. The van der Waals surface area contributed by atoms with Crippen LogP contribution in [0.15, 0.2) is 0 Å². The van der Waals surface area contributed by atoms with Crippen LogP contribution in [-0.4, -0.2) is 127 Å². The fraction of sp³-hybridized carbons (Fsp3) is 1.00. The summed E-state index contributed by atoms with van der Waals surface area (Å²) in [7, 11) is 3.48. The molecule has 12 nitrogen and oxygen atoms in total. The molecule has 0 radical (unpaired) electrons. The zero-order valence-corrected chi connectivity index (χ0v) is 21.7. The van der Waals surface area contributed by atoms with Crippen molar-refractivity contribution < 1.29 is 56.6 Å². The average Bonchev–Trinajstić information content (AvgIpc) is 2.86. The van der Waals surface area contributed by atoms with Crippen LogP contribution in [0.3, 0.4) is 0 Å². The highest BCUT2D eigenvalue weighted by Gasteiger charge is 2.27. The molecule has 34 heavy (non-hydrogen) atoms. The summed E-state index contributed by atoms with van der Waals surface area (Å²) in [6.45, 7) is 10.2. The summed E-state index contributed by atoms with van der Waals surface area (Å²) in [6.07, 6.45) is -1.88. The van der Waals surface area contributed by atoms with E-state index >= 15 is 0 Å². The van der Waals surface area contributed by atoms with Gasteiger partial charge >= 0.3 is 7.32 Å². The fourth-order valence-electron chi connectivity index (χ4n) is 2.32. The summed E-state index contributed by atoms with van der Waals surface area (Å²) in [5.41, 5.74) is 0. The SMILES string of the molecule is CCOCCOC(COB(OCC(OC)OCCOCC)OCC(OC)OCCOCC)OC. The van der Waals surface area contributed by atoms with Crippen molar-refractivity contribution in [1.82, 2.24) is 0 Å². The van der Waals surface area contributed by atoms with Gasteiger partial charge in [0.25, 0.3) is 0 Å². The molecule has 3 unspecified atom stereocenters. The molecule has 0 aliphatic heterocycles. The van der Waals surface area contributed by atoms with Gasteiger partial charge in [0.1, 0.15) is 0 Å². The molecule has 13 heteroatoms. The second-order valence-corrected chi connectivity index (χ2v) is 6.49. The van der Waals surface area contributed by atoms with E-state index in [1.165, 1.54) is 21.3 Å². The highest BCUT2D eigenvalue weighted by molar-refractivity contribution is 6.36. The molecule has 0 aliphatic carbocycles. The molecule has 0 spiro atoms. The van der Waals surface area contributed by atoms with E-state index in [-0.39, 0.29) is 19.8 Å². The molecule has 0 amide bonds. The minimum absolute atomic E-state index is 0.0545. The van der Waals surface area contributed by atoms with Crippen LogP contribution in [-0.2, 0) is 56.6 Å². The second kappa shape index (κ2) is 25.7. The van der Waals surface area contributed by atoms with Crippen molar-refractivity contribution in [2.45, 2.75) is 39.6 Å². The largest absolute Gasteiger partial charge is 0.639 e. The lowest BCUT2D eigenvalue weighted by Gasteiger charge is -2.23. The predicted octanol–water partition coefficient (Wildman–Crippen LogP) is 1.10. The zero-order chi connectivity index (χ0) is 25.3. The average molecular weight is 500 g/mol. The number of hydrogen-bond donors (Lipinski definition) is 0. The molecule has 0 fully saturated rings. The van der Waals surface area contributed by atoms with Crippen molar-refractivity contribution in [2.24, 2.45) is 0 Å². The Bertz CT molecular complexity index is 353. The van der Waals surface area contributed by atoms with Crippen LogP contribution in [0, 0.1) is 0 Å². The van der Waals surface area contributed by atoms with Gasteiger partial charge in [-0.2, -0.15) is 0 Å². The van der Waals surface area contributed by atoms with Crippen LogP contribution in [0.2, 0.25) is 0 Å². The summed E-state index contributed by atoms with van der Waals surface area (Å²) < 4.78 is 65.5. The molecular weight excluding hydrogens is 455 g/mol. The van der Waals surface area contributed by atoms with Crippen molar-refractivity contribution in [2.75, 3.05) is 101 Å². The van der Waals surface area contributed by atoms with Gasteiger partial charge in [-0.1, -0.05) is 0 Å². The summed E-state index contributed by atoms with van der Waals surface area (Å²) in [6, 6.07) is 0. The molecule has 0 heterocycles. The third-order valence-corrected chi connectivity index (χ3v) is 4.10. The Morgan fingerprint density at radius 2 is 0.765 bits per heavy atom. The maximum Gasteiger partial charge on any atom is 0.639 e. The van der Waals surface area contributed by atoms with Gasteiger partial charge in [-0.3, -0.25) is 0 Å². The quantitative estimate of drug-likeness (QED) is 0.0915. The molecule has 0 aromatic rings. The Morgan fingerprint density at radius 1 is 0.471 bits per heavy atom. The zero-order valence-electron chi connectivity index (χ0n) is 21.7. The summed E-state index contributed by atoms with van der Waals surface area (Å²) in [5, 5.41) is 0. The Balaban J connectivity index is 4.68. The normalized spacial score (nSPS) is 14.3. The number of rotatable bonds is 27. The van der Waals surface area contributed by atoms with Crippen molar-refractivity contribution in [3.63, 3.8) is 0 Å². The van der Waals surface area contributed by atoms with Gasteiger partial charge in [0.2, 0.25) is 0 Å². The molecule has 0 N–H and O–H groups in total. The minimum Gasteiger partial charge on any atom is -0.381 e. The third kappa shape index (κ3) is 19.8. The van der Waals surface area contributed by atoms with Crippen LogP contribution >= 0.6 is 0 Å². The first kappa shape index (κ1) is 33.6. The van der Waals surface area contributed by atoms with Crippen LogP contribution in [0.5, 0.6) is 0 Å². The maximum atomic E-state index is 5.72. The smallest absolute Gasteiger partial charge is 0.381 e. The fourth-order valence-corrected chi connectivity index (χ4v) is 2.32. The number of hydrogen-bond acceptors (Lipinski definition) is 12. The lowest BCUT2D eigenvalue weighted by Crippen LogP contribution is -2.38. The highest BCUT2D eigenvalue weighted by atomic mass is 16.8. The highest BCUT2D eigenvalue weighted by Crippen LogP contribution is 2.05. The monoisotopic (exact) mass is 500 g/mol. The molecule has 0 rings (SSSR count). The Kier molecular flexibility index (Phi) is 25.4. The first-order chi connectivity index (χ1) is 16.6. The van der Waals surface area contributed by atoms with Crippen LogP contribution in [0.1, 0.15) is 20.8 Å². The number of methoxy groups -OCH3 is 3. The topological polar surface area (TPSA) is 111 Å². The van der Waals surface area contributed by atoms with Gasteiger partial charge < -0.3 is 56.6 Å². The van der Waals surface area contributed by atoms with Gasteiger partial charge in [0, 0.05) is 41.2 Å². The Hall–Kier alpha value is -0.415. The maximum absolute atomic E-state index is 5.72. The van der Waals surface area contributed by atoms with Crippen molar-refractivity contribution in [1.29, 1.82) is 0 Å². The van der Waals surface area contributed by atoms with E-state index in [1.54, 1.807) is 0 Å². The second-order valence-electron chi connectivity index (χ2n) is 6.49. The van der Waals surface area contributed by atoms with E-state index in [4.69, 9.17) is 56.6 Å². The van der Waals surface area contributed by atoms with Gasteiger partial charge in [0.05, 0.1) is 59.5 Å². The molecule has 204 valence electrons. The van der Waals surface area contributed by atoms with Crippen molar-refractivity contribution in [3.8, 4) is 0 Å². The van der Waals surface area contributed by atoms with Crippen LogP contribution < -0.4 is 0 Å². The molecule has 0 aliphatic rings. The molecule has 0 aromatic heterocycles. The van der Waals surface area contributed by atoms with E-state index in [0.717, 1.165) is 0 Å². The Labute approximate surface area is 204 Å². The molecule has 0 bridgehead atoms. The van der Waals surface area contributed by atoms with Crippen molar-refractivity contribution in [3.05, 3.63) is 0 Å². The number of ether oxygens (including phenoxy) is 9. The third-order valence-electron chi connectivity index (χ3n) is 4.10. The van der Waals surface area contributed by atoms with Gasteiger partial charge in [-0.15, -0.1) is 0 Å².